The van der Waals surface area contributed by atoms with E-state index < -0.39 is 10.0 Å². The summed E-state index contributed by atoms with van der Waals surface area (Å²) < 4.78 is 25.6. The van der Waals surface area contributed by atoms with E-state index in [4.69, 9.17) is 5.73 Å². The second kappa shape index (κ2) is 5.52. The summed E-state index contributed by atoms with van der Waals surface area (Å²) in [5.41, 5.74) is 8.98. The maximum atomic E-state index is 11.7. The van der Waals surface area contributed by atoms with Gasteiger partial charge in [0.05, 0.1) is 16.3 Å². The average molecular weight is 291 g/mol. The number of aryl methyl sites for hydroxylation is 1. The minimum Gasteiger partial charge on any atom is -0.397 e. The van der Waals surface area contributed by atoms with Crippen LogP contribution in [0.5, 0.6) is 0 Å². The van der Waals surface area contributed by atoms with Crippen molar-refractivity contribution in [3.05, 3.63) is 48.0 Å². The van der Waals surface area contributed by atoms with Crippen molar-refractivity contribution in [1.82, 2.24) is 4.72 Å². The van der Waals surface area contributed by atoms with Gasteiger partial charge < -0.3 is 11.1 Å². The smallest absolute Gasteiger partial charge is 0.240 e. The molecule has 2 rings (SSSR count). The van der Waals surface area contributed by atoms with Gasteiger partial charge in [-0.1, -0.05) is 12.1 Å². The lowest BCUT2D eigenvalue weighted by atomic mass is 10.2. The fraction of sp³-hybridized carbons (Fsp3) is 0.143. The average Bonchev–Trinajstić information content (AvgIpc) is 2.41. The summed E-state index contributed by atoms with van der Waals surface area (Å²) in [6, 6.07) is 12.4. The van der Waals surface area contributed by atoms with E-state index in [2.05, 4.69) is 10.0 Å². The Hall–Kier alpha value is -2.05. The lowest BCUT2D eigenvalue weighted by Gasteiger charge is -2.11. The molecule has 0 bridgehead atoms. The van der Waals surface area contributed by atoms with E-state index in [9.17, 15) is 8.42 Å². The number of hydrogen-bond acceptors (Lipinski definition) is 4. The van der Waals surface area contributed by atoms with Crippen LogP contribution in [0, 0.1) is 6.92 Å². The number of anilines is 3. The number of nitrogen functional groups attached to an aromatic ring is 1. The van der Waals surface area contributed by atoms with Gasteiger partial charge in [0.25, 0.3) is 0 Å². The maximum absolute atomic E-state index is 11.7. The molecule has 6 heteroatoms. The first-order chi connectivity index (χ1) is 9.42. The van der Waals surface area contributed by atoms with E-state index in [1.165, 1.54) is 19.2 Å². The number of hydrogen-bond donors (Lipinski definition) is 3. The molecule has 0 saturated carbocycles. The normalized spacial score (nSPS) is 11.3. The van der Waals surface area contributed by atoms with Crippen molar-refractivity contribution in [3.8, 4) is 0 Å². The van der Waals surface area contributed by atoms with Gasteiger partial charge in [-0.15, -0.1) is 0 Å². The highest BCUT2D eigenvalue weighted by Crippen LogP contribution is 2.26. The Morgan fingerprint density at radius 1 is 1.10 bits per heavy atom. The SMILES string of the molecule is CNS(=O)(=O)c1ccc(Nc2cccc(C)c2)c(N)c1. The van der Waals surface area contributed by atoms with Gasteiger partial charge >= 0.3 is 0 Å². The molecule has 0 heterocycles. The van der Waals surface area contributed by atoms with Crippen LogP contribution >= 0.6 is 0 Å². The van der Waals surface area contributed by atoms with Gasteiger partial charge in [-0.3, -0.25) is 0 Å². The lowest BCUT2D eigenvalue weighted by Crippen LogP contribution is -2.18. The molecule has 2 aromatic carbocycles. The van der Waals surface area contributed by atoms with Crippen molar-refractivity contribution in [2.24, 2.45) is 0 Å². The largest absolute Gasteiger partial charge is 0.397 e. The Kier molecular flexibility index (Phi) is 3.96. The summed E-state index contributed by atoms with van der Waals surface area (Å²) >= 11 is 0. The van der Waals surface area contributed by atoms with Gasteiger partial charge in [-0.2, -0.15) is 0 Å². The van der Waals surface area contributed by atoms with Crippen LogP contribution in [0.2, 0.25) is 0 Å². The lowest BCUT2D eigenvalue weighted by molar-refractivity contribution is 0.588. The molecule has 2 aromatic rings. The Morgan fingerprint density at radius 2 is 1.85 bits per heavy atom. The molecule has 0 unspecified atom stereocenters. The van der Waals surface area contributed by atoms with Gasteiger partial charge in [0.15, 0.2) is 0 Å². The molecule has 4 N–H and O–H groups in total. The summed E-state index contributed by atoms with van der Waals surface area (Å²) in [7, 11) is -2.11. The van der Waals surface area contributed by atoms with E-state index in [0.717, 1.165) is 11.3 Å². The Balaban J connectivity index is 2.31. The third-order valence-electron chi connectivity index (χ3n) is 2.90. The molecule has 0 aromatic heterocycles. The maximum Gasteiger partial charge on any atom is 0.240 e. The first-order valence-corrected chi connectivity index (χ1v) is 7.57. The molecule has 0 aliphatic carbocycles. The fourth-order valence-corrected chi connectivity index (χ4v) is 2.58. The predicted octanol–water partition coefficient (Wildman–Crippen LogP) is 2.23. The van der Waals surface area contributed by atoms with Crippen LogP contribution < -0.4 is 15.8 Å². The van der Waals surface area contributed by atoms with E-state index in [1.807, 2.05) is 31.2 Å². The molecule has 0 atom stereocenters. The molecule has 5 nitrogen and oxygen atoms in total. The van der Waals surface area contributed by atoms with Crippen molar-refractivity contribution in [3.63, 3.8) is 0 Å². The molecule has 20 heavy (non-hydrogen) atoms. The number of sulfonamides is 1. The number of nitrogens with two attached hydrogens (primary N) is 1. The van der Waals surface area contributed by atoms with E-state index in [-0.39, 0.29) is 4.90 Å². The summed E-state index contributed by atoms with van der Waals surface area (Å²) in [6.07, 6.45) is 0. The van der Waals surface area contributed by atoms with Gasteiger partial charge in [-0.25, -0.2) is 13.1 Å². The Bertz CT molecular complexity index is 727. The fourth-order valence-electron chi connectivity index (χ4n) is 1.82. The zero-order valence-corrected chi connectivity index (χ0v) is 12.2. The van der Waals surface area contributed by atoms with Crippen LogP contribution in [0.15, 0.2) is 47.4 Å². The predicted molar refractivity (Wildman–Crippen MR) is 81.6 cm³/mol. The van der Waals surface area contributed by atoms with Crippen molar-refractivity contribution in [2.75, 3.05) is 18.1 Å². The van der Waals surface area contributed by atoms with Crippen molar-refractivity contribution in [2.45, 2.75) is 11.8 Å². The Morgan fingerprint density at radius 3 is 2.45 bits per heavy atom. The summed E-state index contributed by atoms with van der Waals surface area (Å²) in [5.74, 6) is 0. The van der Waals surface area contributed by atoms with Gasteiger partial charge in [0.2, 0.25) is 10.0 Å². The molecule has 0 aliphatic heterocycles. The number of nitrogens with one attached hydrogen (secondary N) is 2. The second-order valence-electron chi connectivity index (χ2n) is 4.45. The Labute approximate surface area is 118 Å². The first kappa shape index (κ1) is 14.4. The minimum atomic E-state index is -3.47. The third-order valence-corrected chi connectivity index (χ3v) is 4.31. The molecule has 0 radical (unpaired) electrons. The highest BCUT2D eigenvalue weighted by Gasteiger charge is 2.12. The van der Waals surface area contributed by atoms with E-state index >= 15 is 0 Å². The zero-order chi connectivity index (χ0) is 14.8. The summed E-state index contributed by atoms with van der Waals surface area (Å²) in [4.78, 5) is 0.146. The topological polar surface area (TPSA) is 84.2 Å². The number of benzene rings is 2. The van der Waals surface area contributed by atoms with Crippen molar-refractivity contribution in [1.29, 1.82) is 0 Å². The molecule has 0 aliphatic rings. The molecule has 0 fully saturated rings. The molecule has 0 amide bonds. The summed E-state index contributed by atoms with van der Waals surface area (Å²) in [5, 5.41) is 3.17. The van der Waals surface area contributed by atoms with Crippen molar-refractivity contribution >= 4 is 27.1 Å². The highest BCUT2D eigenvalue weighted by molar-refractivity contribution is 7.89. The highest BCUT2D eigenvalue weighted by atomic mass is 32.2. The van der Waals surface area contributed by atoms with Gasteiger partial charge in [0.1, 0.15) is 0 Å². The van der Waals surface area contributed by atoms with Gasteiger partial charge in [0, 0.05) is 5.69 Å². The first-order valence-electron chi connectivity index (χ1n) is 6.09. The molecular formula is C14H17N3O2S. The zero-order valence-electron chi connectivity index (χ0n) is 11.3. The molecule has 0 spiro atoms. The monoisotopic (exact) mass is 291 g/mol. The molecular weight excluding hydrogens is 274 g/mol. The third kappa shape index (κ3) is 3.09. The quantitative estimate of drug-likeness (QED) is 0.754. The van der Waals surface area contributed by atoms with Crippen LogP contribution in [0.3, 0.4) is 0 Å². The van der Waals surface area contributed by atoms with Crippen LogP contribution in [0.1, 0.15) is 5.56 Å². The minimum absolute atomic E-state index is 0.146. The second-order valence-corrected chi connectivity index (χ2v) is 6.34. The van der Waals surface area contributed by atoms with Gasteiger partial charge in [-0.05, 0) is 49.9 Å². The molecule has 106 valence electrons. The summed E-state index contributed by atoms with van der Waals surface area (Å²) in [6.45, 7) is 2.00. The van der Waals surface area contributed by atoms with Crippen LogP contribution in [-0.2, 0) is 10.0 Å². The van der Waals surface area contributed by atoms with E-state index in [0.29, 0.717) is 11.4 Å². The van der Waals surface area contributed by atoms with Crippen LogP contribution in [0.4, 0.5) is 17.1 Å². The van der Waals surface area contributed by atoms with Crippen molar-refractivity contribution < 1.29 is 8.42 Å². The van der Waals surface area contributed by atoms with E-state index in [1.54, 1.807) is 6.07 Å². The molecule has 0 saturated heterocycles. The number of rotatable bonds is 4. The van der Waals surface area contributed by atoms with Crippen LogP contribution in [-0.4, -0.2) is 15.5 Å². The van der Waals surface area contributed by atoms with Crippen LogP contribution in [0.25, 0.3) is 0 Å². The standard InChI is InChI=1S/C14H17N3O2S/c1-10-4-3-5-11(8-10)17-14-7-6-12(9-13(14)15)20(18,19)16-2/h3-9,16-17H,15H2,1-2H3.